The third-order valence-electron chi connectivity index (χ3n) is 3.67. The number of nitrogens with one attached hydrogen (secondary N) is 2. The first-order valence-electron chi connectivity index (χ1n) is 8.08. The fourth-order valence-corrected chi connectivity index (χ4v) is 2.49. The first kappa shape index (κ1) is 17.8. The third-order valence-corrected chi connectivity index (χ3v) is 4.08. The largest absolute Gasteiger partial charge is 0.345 e. The molecule has 2 aromatic heterocycles. The first-order chi connectivity index (χ1) is 12.5. The van der Waals surface area contributed by atoms with E-state index in [-0.39, 0.29) is 11.6 Å². The van der Waals surface area contributed by atoms with Crippen molar-refractivity contribution in [2.24, 2.45) is 0 Å². The molecule has 1 aromatic carbocycles. The van der Waals surface area contributed by atoms with E-state index < -0.39 is 0 Å². The van der Waals surface area contributed by atoms with E-state index in [1.807, 2.05) is 44.2 Å². The highest BCUT2D eigenvalue weighted by Crippen LogP contribution is 2.22. The minimum Gasteiger partial charge on any atom is -0.345 e. The number of anilines is 2. The number of hydrogen-bond acceptors (Lipinski definition) is 5. The predicted octanol–water partition coefficient (Wildman–Crippen LogP) is 3.82. The standard InChI is InChI=1S/C19H18ClN5O/c1-12-6-7-14(10-16(12)20)24-19-23-13(2)9-17(25-19)18(26)22-11-15-5-3-4-8-21-15/h3-10H,11H2,1-2H3,(H,22,26)(H,23,24,25). The summed E-state index contributed by atoms with van der Waals surface area (Å²) in [6.45, 7) is 4.07. The summed E-state index contributed by atoms with van der Waals surface area (Å²) in [5.41, 5.74) is 3.49. The Morgan fingerprint density at radius 1 is 1.12 bits per heavy atom. The monoisotopic (exact) mass is 367 g/mol. The summed E-state index contributed by atoms with van der Waals surface area (Å²) in [6, 6.07) is 12.8. The average Bonchev–Trinajstić information content (AvgIpc) is 2.63. The second-order valence-corrected chi connectivity index (χ2v) is 6.22. The molecule has 0 aliphatic heterocycles. The molecule has 132 valence electrons. The van der Waals surface area contributed by atoms with Crippen LogP contribution in [0.2, 0.25) is 5.02 Å². The molecule has 0 radical (unpaired) electrons. The third kappa shape index (κ3) is 4.55. The average molecular weight is 368 g/mol. The lowest BCUT2D eigenvalue weighted by molar-refractivity contribution is 0.0945. The summed E-state index contributed by atoms with van der Waals surface area (Å²) in [5.74, 6) is 0.0547. The van der Waals surface area contributed by atoms with Crippen molar-refractivity contribution in [1.29, 1.82) is 0 Å². The minimum atomic E-state index is -0.286. The van der Waals surface area contributed by atoms with Crippen LogP contribution in [0.4, 0.5) is 11.6 Å². The number of pyridine rings is 1. The molecule has 3 rings (SSSR count). The first-order valence-corrected chi connectivity index (χ1v) is 8.46. The van der Waals surface area contributed by atoms with E-state index >= 15 is 0 Å². The topological polar surface area (TPSA) is 79.8 Å². The molecule has 0 aliphatic carbocycles. The van der Waals surface area contributed by atoms with Crippen molar-refractivity contribution >= 4 is 29.1 Å². The van der Waals surface area contributed by atoms with E-state index in [0.717, 1.165) is 16.9 Å². The fourth-order valence-electron chi connectivity index (χ4n) is 2.30. The zero-order valence-electron chi connectivity index (χ0n) is 14.5. The Morgan fingerprint density at radius 2 is 1.96 bits per heavy atom. The highest BCUT2D eigenvalue weighted by molar-refractivity contribution is 6.31. The lowest BCUT2D eigenvalue weighted by Crippen LogP contribution is -2.24. The van der Waals surface area contributed by atoms with Crippen molar-refractivity contribution in [3.05, 3.63) is 76.3 Å². The van der Waals surface area contributed by atoms with Gasteiger partial charge in [0.15, 0.2) is 0 Å². The molecule has 0 atom stereocenters. The van der Waals surface area contributed by atoms with Crippen molar-refractivity contribution in [2.75, 3.05) is 5.32 Å². The van der Waals surface area contributed by atoms with Gasteiger partial charge in [0.2, 0.25) is 5.95 Å². The number of carbonyl (C=O) groups excluding carboxylic acids is 1. The minimum absolute atomic E-state index is 0.286. The highest BCUT2D eigenvalue weighted by atomic mass is 35.5. The maximum atomic E-state index is 12.4. The summed E-state index contributed by atoms with van der Waals surface area (Å²) in [5, 5.41) is 6.54. The SMILES string of the molecule is Cc1cc(C(=O)NCc2ccccn2)nc(Nc2ccc(C)c(Cl)c2)n1. The normalized spacial score (nSPS) is 10.4. The molecule has 0 bridgehead atoms. The van der Waals surface area contributed by atoms with Gasteiger partial charge in [0.05, 0.1) is 12.2 Å². The predicted molar refractivity (Wildman–Crippen MR) is 102 cm³/mol. The quantitative estimate of drug-likeness (QED) is 0.716. The molecule has 26 heavy (non-hydrogen) atoms. The maximum absolute atomic E-state index is 12.4. The molecule has 2 N–H and O–H groups in total. The summed E-state index contributed by atoms with van der Waals surface area (Å²) >= 11 is 6.14. The molecule has 2 heterocycles. The molecular weight excluding hydrogens is 350 g/mol. The van der Waals surface area contributed by atoms with E-state index in [2.05, 4.69) is 25.6 Å². The molecule has 3 aromatic rings. The van der Waals surface area contributed by atoms with Gasteiger partial charge in [-0.05, 0) is 49.7 Å². The van der Waals surface area contributed by atoms with E-state index in [1.54, 1.807) is 18.3 Å². The van der Waals surface area contributed by atoms with Crippen LogP contribution in [-0.4, -0.2) is 20.9 Å². The van der Waals surface area contributed by atoms with Crippen molar-refractivity contribution in [3.8, 4) is 0 Å². The lowest BCUT2D eigenvalue weighted by atomic mass is 10.2. The Labute approximate surface area is 156 Å². The van der Waals surface area contributed by atoms with E-state index in [1.165, 1.54) is 0 Å². The van der Waals surface area contributed by atoms with E-state index in [9.17, 15) is 4.79 Å². The van der Waals surface area contributed by atoms with Crippen molar-refractivity contribution in [2.45, 2.75) is 20.4 Å². The number of aromatic nitrogens is 3. The van der Waals surface area contributed by atoms with E-state index in [0.29, 0.717) is 23.2 Å². The Bertz CT molecular complexity index is 930. The Kier molecular flexibility index (Phi) is 5.43. The van der Waals surface area contributed by atoms with Gasteiger partial charge in [-0.15, -0.1) is 0 Å². The number of rotatable bonds is 5. The van der Waals surface area contributed by atoms with Crippen molar-refractivity contribution in [3.63, 3.8) is 0 Å². The fraction of sp³-hybridized carbons (Fsp3) is 0.158. The van der Waals surface area contributed by atoms with Crippen LogP contribution in [0.15, 0.2) is 48.7 Å². The van der Waals surface area contributed by atoms with Crippen LogP contribution in [0.25, 0.3) is 0 Å². The summed E-state index contributed by atoms with van der Waals surface area (Å²) in [6.07, 6.45) is 1.69. The van der Waals surface area contributed by atoms with Crippen molar-refractivity contribution < 1.29 is 4.79 Å². The second kappa shape index (κ2) is 7.93. The summed E-state index contributed by atoms with van der Waals surface area (Å²) < 4.78 is 0. The number of halogens is 1. The van der Waals surface area contributed by atoms with Crippen LogP contribution in [0, 0.1) is 13.8 Å². The summed E-state index contributed by atoms with van der Waals surface area (Å²) in [7, 11) is 0. The van der Waals surface area contributed by atoms with Gasteiger partial charge in [0.25, 0.3) is 5.91 Å². The van der Waals surface area contributed by atoms with Crippen molar-refractivity contribution in [1.82, 2.24) is 20.3 Å². The molecule has 0 saturated heterocycles. The number of aryl methyl sites for hydroxylation is 2. The zero-order valence-corrected chi connectivity index (χ0v) is 15.2. The van der Waals surface area contributed by atoms with Gasteiger partial charge >= 0.3 is 0 Å². The Balaban J connectivity index is 1.74. The van der Waals surface area contributed by atoms with Gasteiger partial charge in [-0.2, -0.15) is 0 Å². The van der Waals surface area contributed by atoms with Crippen LogP contribution in [0.5, 0.6) is 0 Å². The molecule has 0 spiro atoms. The lowest BCUT2D eigenvalue weighted by Gasteiger charge is -2.09. The number of amides is 1. The zero-order chi connectivity index (χ0) is 18.5. The van der Waals surface area contributed by atoms with Crippen LogP contribution in [0.3, 0.4) is 0 Å². The molecule has 0 saturated carbocycles. The second-order valence-electron chi connectivity index (χ2n) is 5.81. The van der Waals surface area contributed by atoms with Crippen LogP contribution < -0.4 is 10.6 Å². The van der Waals surface area contributed by atoms with Crippen LogP contribution >= 0.6 is 11.6 Å². The van der Waals surface area contributed by atoms with Gasteiger partial charge in [0, 0.05) is 22.6 Å². The van der Waals surface area contributed by atoms with Gasteiger partial charge in [-0.25, -0.2) is 9.97 Å². The molecule has 1 amide bonds. The molecular formula is C19H18ClN5O. The van der Waals surface area contributed by atoms with Gasteiger partial charge in [-0.1, -0.05) is 23.7 Å². The van der Waals surface area contributed by atoms with Gasteiger partial charge in [0.1, 0.15) is 5.69 Å². The summed E-state index contributed by atoms with van der Waals surface area (Å²) in [4.78, 5) is 25.2. The Morgan fingerprint density at radius 3 is 2.69 bits per heavy atom. The number of benzene rings is 1. The molecule has 0 fully saturated rings. The van der Waals surface area contributed by atoms with Gasteiger partial charge < -0.3 is 10.6 Å². The maximum Gasteiger partial charge on any atom is 0.270 e. The number of nitrogens with zero attached hydrogens (tertiary/aromatic N) is 3. The number of hydrogen-bond donors (Lipinski definition) is 2. The Hall–Kier alpha value is -2.99. The molecule has 6 nitrogen and oxygen atoms in total. The molecule has 0 unspecified atom stereocenters. The van der Waals surface area contributed by atoms with E-state index in [4.69, 9.17) is 11.6 Å². The smallest absolute Gasteiger partial charge is 0.270 e. The molecule has 7 heteroatoms. The number of carbonyl (C=O) groups is 1. The van der Waals surface area contributed by atoms with Crippen LogP contribution in [-0.2, 0) is 6.54 Å². The molecule has 0 aliphatic rings. The van der Waals surface area contributed by atoms with Crippen LogP contribution in [0.1, 0.15) is 27.4 Å². The highest BCUT2D eigenvalue weighted by Gasteiger charge is 2.11. The van der Waals surface area contributed by atoms with Gasteiger partial charge in [-0.3, -0.25) is 9.78 Å².